The van der Waals surface area contributed by atoms with Gasteiger partial charge in [-0.3, -0.25) is 0 Å². The second kappa shape index (κ2) is 14.5. The van der Waals surface area contributed by atoms with E-state index in [0.717, 1.165) is 16.9 Å². The van der Waals surface area contributed by atoms with Gasteiger partial charge in [0.2, 0.25) is 0 Å². The molecule has 5 aromatic carbocycles. The van der Waals surface area contributed by atoms with Crippen LogP contribution in [0.3, 0.4) is 0 Å². The first kappa shape index (κ1) is 27.6. The predicted molar refractivity (Wildman–Crippen MR) is 170 cm³/mol. The van der Waals surface area contributed by atoms with Crippen LogP contribution in [-0.4, -0.2) is 0 Å². The van der Waals surface area contributed by atoms with Crippen LogP contribution in [0.25, 0.3) is 11.1 Å². The smallest absolute Gasteiger partial charge is 0.150 e. The highest BCUT2D eigenvalue weighted by Gasteiger charge is 2.16. The first-order valence-corrected chi connectivity index (χ1v) is 14.3. The molecule has 0 bridgehead atoms. The Bertz CT molecular complexity index is 1480. The van der Waals surface area contributed by atoms with E-state index in [1.54, 1.807) is 6.20 Å². The lowest BCUT2D eigenvalue weighted by atomic mass is 10.0. The summed E-state index contributed by atoms with van der Waals surface area (Å²) in [5.74, 6) is 0.911. The summed E-state index contributed by atoms with van der Waals surface area (Å²) in [6.45, 7) is 4.21. The molecule has 1 unspecified atom stereocenters. The molecule has 1 atom stereocenters. The second-order valence-corrected chi connectivity index (χ2v) is 10.9. The Kier molecular flexibility index (Phi) is 10.3. The summed E-state index contributed by atoms with van der Waals surface area (Å²) < 4.78 is 6.31. The van der Waals surface area contributed by atoms with E-state index < -0.39 is 8.15 Å². The Morgan fingerprint density at radius 2 is 1.13 bits per heavy atom. The van der Waals surface area contributed by atoms with Crippen LogP contribution in [-0.2, 0) is 0 Å². The first-order valence-electron chi connectivity index (χ1n) is 13.0. The van der Waals surface area contributed by atoms with Gasteiger partial charge in [0.25, 0.3) is 0 Å². The van der Waals surface area contributed by atoms with Gasteiger partial charge in [-0.05, 0) is 60.4 Å². The van der Waals surface area contributed by atoms with Crippen LogP contribution in [0, 0.1) is 6.92 Å². The number of allylic oxidation sites excluding steroid dienone is 3. The van der Waals surface area contributed by atoms with Crippen LogP contribution >= 0.6 is 8.15 Å². The Balaban J connectivity index is 0.000000183. The molecular formula is C36H34NOP. The summed E-state index contributed by atoms with van der Waals surface area (Å²) in [6, 6.07) is 49.5. The first-order chi connectivity index (χ1) is 19.1. The molecule has 0 amide bonds. The molecule has 0 aliphatic heterocycles. The van der Waals surface area contributed by atoms with Crippen LogP contribution in [0.5, 0.6) is 5.75 Å². The Morgan fingerprint density at radius 1 is 0.615 bits per heavy atom. The highest BCUT2D eigenvalue weighted by atomic mass is 31.1. The van der Waals surface area contributed by atoms with Crippen LogP contribution in [0.15, 0.2) is 158 Å². The van der Waals surface area contributed by atoms with E-state index in [2.05, 4.69) is 92.7 Å². The molecule has 0 spiro atoms. The lowest BCUT2D eigenvalue weighted by Gasteiger charge is -2.19. The summed E-state index contributed by atoms with van der Waals surface area (Å²) in [7, 11) is -0.843. The van der Waals surface area contributed by atoms with Gasteiger partial charge >= 0.3 is 0 Å². The van der Waals surface area contributed by atoms with Crippen molar-refractivity contribution in [1.82, 2.24) is 0 Å². The van der Waals surface area contributed by atoms with Gasteiger partial charge in [-0.25, -0.2) is 0 Å². The minimum absolute atomic E-state index is 0.843. The van der Waals surface area contributed by atoms with Gasteiger partial charge in [-0.1, -0.05) is 133 Å². The van der Waals surface area contributed by atoms with Crippen LogP contribution in [0.1, 0.15) is 23.6 Å². The van der Waals surface area contributed by atoms with Crippen molar-refractivity contribution in [1.29, 1.82) is 0 Å². The molecule has 0 saturated heterocycles. The van der Waals surface area contributed by atoms with Gasteiger partial charge in [0.1, 0.15) is 5.75 Å². The lowest BCUT2D eigenvalue weighted by Crippen LogP contribution is -2.15. The number of para-hydroxylation sites is 1. The number of benzene rings is 5. The third-order valence-corrected chi connectivity index (χ3v) is 7.96. The average Bonchev–Trinajstić information content (AvgIpc) is 3.01. The molecule has 0 fully saturated rings. The van der Waals surface area contributed by atoms with E-state index in [4.69, 9.17) is 10.3 Å². The maximum atomic E-state index is 6.31. The van der Waals surface area contributed by atoms with Crippen LogP contribution in [0.2, 0.25) is 0 Å². The van der Waals surface area contributed by atoms with Gasteiger partial charge in [-0.2, -0.15) is 0 Å². The van der Waals surface area contributed by atoms with Crippen molar-refractivity contribution >= 4 is 29.9 Å². The highest BCUT2D eigenvalue weighted by molar-refractivity contribution is 7.68. The van der Waals surface area contributed by atoms with Gasteiger partial charge in [0.15, 0.2) is 8.15 Å². The Hall–Kier alpha value is -4.39. The van der Waals surface area contributed by atoms with Crippen molar-refractivity contribution in [2.75, 3.05) is 0 Å². The van der Waals surface area contributed by atoms with Crippen LogP contribution < -0.4 is 20.9 Å². The van der Waals surface area contributed by atoms with Crippen molar-refractivity contribution in [2.45, 2.75) is 13.8 Å². The van der Waals surface area contributed by atoms with Gasteiger partial charge < -0.3 is 10.3 Å². The average molecular weight is 528 g/mol. The van der Waals surface area contributed by atoms with Crippen LogP contribution in [0.4, 0.5) is 0 Å². The largest absolute Gasteiger partial charge is 0.464 e. The topological polar surface area (TPSA) is 35.2 Å². The van der Waals surface area contributed by atoms with E-state index in [9.17, 15) is 0 Å². The van der Waals surface area contributed by atoms with Crippen molar-refractivity contribution in [3.8, 4) is 5.75 Å². The summed E-state index contributed by atoms with van der Waals surface area (Å²) in [4.78, 5) is 0. The van der Waals surface area contributed by atoms with E-state index in [1.807, 2.05) is 72.8 Å². The second-order valence-electron chi connectivity index (χ2n) is 9.05. The fourth-order valence-electron chi connectivity index (χ4n) is 4.03. The number of hydrogen-bond donors (Lipinski definition) is 1. The van der Waals surface area contributed by atoms with Crippen molar-refractivity contribution < 1.29 is 4.52 Å². The molecule has 194 valence electrons. The zero-order valence-corrected chi connectivity index (χ0v) is 23.3. The number of nitrogens with two attached hydrogens (primary N) is 1. The molecule has 5 aromatic rings. The van der Waals surface area contributed by atoms with Gasteiger partial charge in [-0.15, -0.1) is 0 Å². The molecule has 0 aliphatic carbocycles. The molecule has 0 radical (unpaired) electrons. The number of rotatable bonds is 7. The maximum absolute atomic E-state index is 6.31. The van der Waals surface area contributed by atoms with E-state index >= 15 is 0 Å². The molecular weight excluding hydrogens is 493 g/mol. The standard InChI is InChI=1S/C19H17OP.C17H17N/c1-16-9-8-14-19(15-16)21(18-12-6-3-7-13-18)20-17-10-4-2-5-11-17;1-14(15-8-4-2-5-9-15)12-17(13-18)16-10-6-3-7-11-16/h2-15H,1H3;2-13H,18H2,1H3/b;14-12+,17-13+. The molecule has 39 heavy (non-hydrogen) atoms. The monoisotopic (exact) mass is 527 g/mol. The third kappa shape index (κ3) is 8.30. The van der Waals surface area contributed by atoms with Gasteiger partial charge in [0, 0.05) is 16.8 Å². The minimum atomic E-state index is -0.843. The Labute approximate surface area is 234 Å². The highest BCUT2D eigenvalue weighted by Crippen LogP contribution is 2.36. The minimum Gasteiger partial charge on any atom is -0.464 e. The normalized spacial score (nSPS) is 12.2. The Morgan fingerprint density at radius 3 is 1.69 bits per heavy atom. The number of aryl methyl sites for hydroxylation is 1. The molecule has 2 N–H and O–H groups in total. The molecule has 0 saturated carbocycles. The summed E-state index contributed by atoms with van der Waals surface area (Å²) in [6.07, 6.45) is 3.77. The zero-order valence-electron chi connectivity index (χ0n) is 22.4. The van der Waals surface area contributed by atoms with E-state index in [-0.39, 0.29) is 0 Å². The molecule has 2 nitrogen and oxygen atoms in total. The molecule has 3 heteroatoms. The summed E-state index contributed by atoms with van der Waals surface area (Å²) in [5.41, 5.74) is 11.6. The van der Waals surface area contributed by atoms with Crippen molar-refractivity contribution in [3.05, 3.63) is 175 Å². The van der Waals surface area contributed by atoms with E-state index in [1.165, 1.54) is 27.3 Å². The SMILES string of the molecule is C/C(=C\C(=C/N)c1ccccc1)c1ccccc1.Cc1cccc(P(Oc2ccccc2)c2ccccc2)c1. The quantitative estimate of drug-likeness (QED) is 0.170. The molecule has 0 heterocycles. The summed E-state index contributed by atoms with van der Waals surface area (Å²) in [5, 5.41) is 2.46. The molecule has 0 aromatic heterocycles. The maximum Gasteiger partial charge on any atom is 0.150 e. The van der Waals surface area contributed by atoms with Gasteiger partial charge in [0.05, 0.1) is 0 Å². The zero-order chi connectivity index (χ0) is 27.3. The third-order valence-electron chi connectivity index (χ3n) is 6.05. The fourth-order valence-corrected chi connectivity index (χ4v) is 5.86. The summed E-state index contributed by atoms with van der Waals surface area (Å²) >= 11 is 0. The molecule has 0 aliphatic rings. The lowest BCUT2D eigenvalue weighted by molar-refractivity contribution is 0.630. The van der Waals surface area contributed by atoms with Crippen molar-refractivity contribution in [2.24, 2.45) is 5.73 Å². The van der Waals surface area contributed by atoms with Crippen molar-refractivity contribution in [3.63, 3.8) is 0 Å². The predicted octanol–water partition coefficient (Wildman–Crippen LogP) is 8.51. The molecule has 5 rings (SSSR count). The van der Waals surface area contributed by atoms with E-state index in [0.29, 0.717) is 0 Å². The fraction of sp³-hybridized carbons (Fsp3) is 0.0556. The number of hydrogen-bond acceptors (Lipinski definition) is 2.